The summed E-state index contributed by atoms with van der Waals surface area (Å²) in [5.41, 5.74) is 5.06. The lowest BCUT2D eigenvalue weighted by Gasteiger charge is -2.39. The van der Waals surface area contributed by atoms with Crippen molar-refractivity contribution >= 4 is 17.5 Å². The lowest BCUT2D eigenvalue weighted by molar-refractivity contribution is -0.384. The molecule has 0 spiro atoms. The molecule has 2 rings (SSSR count). The van der Waals surface area contributed by atoms with Crippen molar-refractivity contribution in [3.05, 3.63) is 16.3 Å². The molecule has 1 aliphatic rings. The third-order valence-electron chi connectivity index (χ3n) is 3.35. The number of hydrogen-bond acceptors (Lipinski definition) is 7. The van der Waals surface area contributed by atoms with Crippen LogP contribution in [0.2, 0.25) is 0 Å². The van der Waals surface area contributed by atoms with E-state index in [0.29, 0.717) is 25.6 Å². The Balaban J connectivity index is 2.23. The Hall–Kier alpha value is -1.96. The lowest BCUT2D eigenvalue weighted by atomic mass is 10.0. The van der Waals surface area contributed by atoms with Gasteiger partial charge in [-0.1, -0.05) is 6.92 Å². The van der Waals surface area contributed by atoms with Crippen LogP contribution < -0.4 is 10.6 Å². The fourth-order valence-corrected chi connectivity index (χ4v) is 1.99. The van der Waals surface area contributed by atoms with Crippen LogP contribution in [0.15, 0.2) is 6.20 Å². The van der Waals surface area contributed by atoms with Gasteiger partial charge in [-0.3, -0.25) is 10.1 Å². The highest BCUT2D eigenvalue weighted by atomic mass is 16.6. The van der Waals surface area contributed by atoms with Crippen molar-refractivity contribution in [2.75, 3.05) is 30.3 Å². The largest absolute Gasteiger partial charge is 0.378 e. The molecule has 0 aliphatic carbocycles. The van der Waals surface area contributed by atoms with Gasteiger partial charge in [0.1, 0.15) is 6.20 Å². The Kier molecular flexibility index (Phi) is 3.52. The SMILES string of the molecule is CCC1(C)CN(c2ncc([N+](=O)[O-])c(N)n2)CCO1. The van der Waals surface area contributed by atoms with E-state index in [-0.39, 0.29) is 17.1 Å². The van der Waals surface area contributed by atoms with Gasteiger partial charge in [-0.2, -0.15) is 4.98 Å². The van der Waals surface area contributed by atoms with Gasteiger partial charge in [-0.25, -0.2) is 4.98 Å². The average molecular weight is 267 g/mol. The Bertz CT molecular complexity index is 495. The zero-order valence-corrected chi connectivity index (χ0v) is 11.0. The molecule has 1 atom stereocenters. The van der Waals surface area contributed by atoms with Gasteiger partial charge >= 0.3 is 5.69 Å². The number of aromatic nitrogens is 2. The number of anilines is 2. The molecule has 1 aromatic rings. The third kappa shape index (κ3) is 2.73. The van der Waals surface area contributed by atoms with Gasteiger partial charge in [0.2, 0.25) is 11.8 Å². The van der Waals surface area contributed by atoms with Crippen LogP contribution in [0.3, 0.4) is 0 Å². The van der Waals surface area contributed by atoms with Crippen molar-refractivity contribution in [3.8, 4) is 0 Å². The standard InChI is InChI=1S/C11H17N5O3/c1-3-11(2)7-15(4-5-19-11)10-13-6-8(16(17)18)9(12)14-10/h6H,3-5,7H2,1-2H3,(H2,12,13,14). The van der Waals surface area contributed by atoms with E-state index in [1.165, 1.54) is 0 Å². The summed E-state index contributed by atoms with van der Waals surface area (Å²) < 4.78 is 5.72. The Morgan fingerprint density at radius 2 is 2.42 bits per heavy atom. The van der Waals surface area contributed by atoms with Crippen molar-refractivity contribution < 1.29 is 9.66 Å². The van der Waals surface area contributed by atoms with Crippen LogP contribution in [-0.4, -0.2) is 40.2 Å². The number of nitrogen functional groups attached to an aromatic ring is 1. The Labute approximate surface area is 110 Å². The number of rotatable bonds is 3. The highest BCUT2D eigenvalue weighted by Crippen LogP contribution is 2.26. The monoisotopic (exact) mass is 267 g/mol. The van der Waals surface area contributed by atoms with E-state index in [2.05, 4.69) is 16.9 Å². The highest BCUT2D eigenvalue weighted by molar-refractivity contribution is 5.53. The number of nitrogens with two attached hydrogens (primary N) is 1. The molecule has 0 saturated carbocycles. The first kappa shape index (κ1) is 13.5. The summed E-state index contributed by atoms with van der Waals surface area (Å²) in [6, 6.07) is 0. The second-order valence-corrected chi connectivity index (χ2v) is 4.77. The molecule has 1 saturated heterocycles. The van der Waals surface area contributed by atoms with Gasteiger partial charge in [0, 0.05) is 13.1 Å². The van der Waals surface area contributed by atoms with Crippen LogP contribution >= 0.6 is 0 Å². The first-order valence-electron chi connectivity index (χ1n) is 6.11. The van der Waals surface area contributed by atoms with Crippen molar-refractivity contribution in [2.24, 2.45) is 0 Å². The maximum absolute atomic E-state index is 10.7. The van der Waals surface area contributed by atoms with Crippen LogP contribution in [-0.2, 0) is 4.74 Å². The van der Waals surface area contributed by atoms with Crippen LogP contribution in [0, 0.1) is 10.1 Å². The molecule has 1 aliphatic heterocycles. The molecule has 1 unspecified atom stereocenters. The van der Waals surface area contributed by atoms with E-state index in [1.807, 2.05) is 11.8 Å². The van der Waals surface area contributed by atoms with Gasteiger partial charge in [0.05, 0.1) is 17.1 Å². The van der Waals surface area contributed by atoms with E-state index in [4.69, 9.17) is 10.5 Å². The van der Waals surface area contributed by atoms with E-state index in [0.717, 1.165) is 12.6 Å². The second kappa shape index (κ2) is 4.96. The third-order valence-corrected chi connectivity index (χ3v) is 3.35. The molecule has 0 aromatic carbocycles. The average Bonchev–Trinajstić information content (AvgIpc) is 2.38. The summed E-state index contributed by atoms with van der Waals surface area (Å²) in [5, 5.41) is 10.7. The minimum absolute atomic E-state index is 0.111. The maximum Gasteiger partial charge on any atom is 0.329 e. The minimum Gasteiger partial charge on any atom is -0.378 e. The number of hydrogen-bond donors (Lipinski definition) is 1. The normalized spacial score (nSPS) is 23.4. The van der Waals surface area contributed by atoms with Crippen molar-refractivity contribution in [2.45, 2.75) is 25.9 Å². The molecule has 104 valence electrons. The van der Waals surface area contributed by atoms with Gasteiger partial charge in [0.25, 0.3) is 0 Å². The molecule has 1 aromatic heterocycles. The highest BCUT2D eigenvalue weighted by Gasteiger charge is 2.32. The molecule has 2 heterocycles. The minimum atomic E-state index is -0.589. The molecule has 8 nitrogen and oxygen atoms in total. The fraction of sp³-hybridized carbons (Fsp3) is 0.636. The number of nitrogens with zero attached hydrogens (tertiary/aromatic N) is 4. The Morgan fingerprint density at radius 1 is 1.68 bits per heavy atom. The predicted octanol–water partition coefficient (Wildman–Crippen LogP) is 0.972. The second-order valence-electron chi connectivity index (χ2n) is 4.77. The molecule has 0 bridgehead atoms. The van der Waals surface area contributed by atoms with E-state index < -0.39 is 4.92 Å². The molecular formula is C11H17N5O3. The molecule has 0 radical (unpaired) electrons. The van der Waals surface area contributed by atoms with Crippen molar-refractivity contribution in [3.63, 3.8) is 0 Å². The van der Waals surface area contributed by atoms with E-state index in [1.54, 1.807) is 0 Å². The van der Waals surface area contributed by atoms with Crippen LogP contribution in [0.25, 0.3) is 0 Å². The quantitative estimate of drug-likeness (QED) is 0.642. The number of nitro groups is 1. The molecular weight excluding hydrogens is 250 g/mol. The number of ether oxygens (including phenoxy) is 1. The van der Waals surface area contributed by atoms with Crippen molar-refractivity contribution in [1.82, 2.24) is 9.97 Å². The zero-order chi connectivity index (χ0) is 14.0. The topological polar surface area (TPSA) is 107 Å². The lowest BCUT2D eigenvalue weighted by Crippen LogP contribution is -2.50. The summed E-state index contributed by atoms with van der Waals surface area (Å²) in [7, 11) is 0. The van der Waals surface area contributed by atoms with Gasteiger partial charge in [-0.05, 0) is 13.3 Å². The summed E-state index contributed by atoms with van der Waals surface area (Å²) in [6.07, 6.45) is 2.02. The summed E-state index contributed by atoms with van der Waals surface area (Å²) in [6.45, 7) is 5.93. The molecule has 0 amide bonds. The molecule has 19 heavy (non-hydrogen) atoms. The van der Waals surface area contributed by atoms with E-state index in [9.17, 15) is 10.1 Å². The van der Waals surface area contributed by atoms with Crippen LogP contribution in [0.5, 0.6) is 0 Å². The molecule has 1 fully saturated rings. The predicted molar refractivity (Wildman–Crippen MR) is 70.0 cm³/mol. The summed E-state index contributed by atoms with van der Waals surface area (Å²) in [4.78, 5) is 20.1. The summed E-state index contributed by atoms with van der Waals surface area (Å²) in [5.74, 6) is 0.297. The fourth-order valence-electron chi connectivity index (χ4n) is 1.99. The summed E-state index contributed by atoms with van der Waals surface area (Å²) >= 11 is 0. The van der Waals surface area contributed by atoms with E-state index >= 15 is 0 Å². The smallest absolute Gasteiger partial charge is 0.329 e. The number of morpholine rings is 1. The van der Waals surface area contributed by atoms with Crippen LogP contribution in [0.1, 0.15) is 20.3 Å². The van der Waals surface area contributed by atoms with Crippen molar-refractivity contribution in [1.29, 1.82) is 0 Å². The Morgan fingerprint density at radius 3 is 3.00 bits per heavy atom. The van der Waals surface area contributed by atoms with Gasteiger partial charge in [0.15, 0.2) is 0 Å². The van der Waals surface area contributed by atoms with Gasteiger partial charge in [-0.15, -0.1) is 0 Å². The first-order chi connectivity index (χ1) is 8.95. The van der Waals surface area contributed by atoms with Crippen LogP contribution in [0.4, 0.5) is 17.5 Å². The first-order valence-corrected chi connectivity index (χ1v) is 6.11. The maximum atomic E-state index is 10.7. The molecule has 2 N–H and O–H groups in total. The zero-order valence-electron chi connectivity index (χ0n) is 11.0. The molecule has 8 heteroatoms. The van der Waals surface area contributed by atoms with Gasteiger partial charge < -0.3 is 15.4 Å².